The number of urea groups is 1. The maximum atomic E-state index is 13.1. The monoisotopic (exact) mass is 390 g/mol. The summed E-state index contributed by atoms with van der Waals surface area (Å²) in [6, 6.07) is 10.7. The van der Waals surface area contributed by atoms with Gasteiger partial charge >= 0.3 is 6.03 Å². The van der Waals surface area contributed by atoms with Crippen molar-refractivity contribution in [3.05, 3.63) is 54.1 Å². The normalized spacial score (nSPS) is 14.6. The number of carbonyl (C=O) groups is 1. The Labute approximate surface area is 163 Å². The van der Waals surface area contributed by atoms with Gasteiger partial charge in [-0.15, -0.1) is 0 Å². The third-order valence-corrected chi connectivity index (χ3v) is 4.54. The molecule has 1 aliphatic rings. The SMILES string of the molecule is CN1CCN(c2ccc(NC(=O)NCCOc3ccc(F)c(F)c3)cc2)CC1. The Morgan fingerprint density at radius 1 is 1.04 bits per heavy atom. The Balaban J connectivity index is 1.39. The number of nitrogens with zero attached hydrogens (tertiary/aromatic N) is 2. The lowest BCUT2D eigenvalue weighted by Gasteiger charge is -2.34. The maximum Gasteiger partial charge on any atom is 0.319 e. The first-order chi connectivity index (χ1) is 13.5. The van der Waals surface area contributed by atoms with Gasteiger partial charge < -0.3 is 25.2 Å². The van der Waals surface area contributed by atoms with Crippen LogP contribution < -0.4 is 20.3 Å². The van der Waals surface area contributed by atoms with Gasteiger partial charge in [0.05, 0.1) is 6.54 Å². The van der Waals surface area contributed by atoms with Gasteiger partial charge in [0.25, 0.3) is 0 Å². The highest BCUT2D eigenvalue weighted by atomic mass is 19.2. The molecule has 150 valence electrons. The fourth-order valence-corrected chi connectivity index (χ4v) is 2.90. The van der Waals surface area contributed by atoms with Crippen molar-refractivity contribution in [2.24, 2.45) is 0 Å². The third-order valence-electron chi connectivity index (χ3n) is 4.54. The zero-order chi connectivity index (χ0) is 19.9. The number of benzene rings is 2. The predicted molar refractivity (Wildman–Crippen MR) is 105 cm³/mol. The summed E-state index contributed by atoms with van der Waals surface area (Å²) in [5.74, 6) is -1.69. The second kappa shape index (κ2) is 9.36. The molecular formula is C20H24F2N4O2. The Hall–Kier alpha value is -2.87. The van der Waals surface area contributed by atoms with Crippen LogP contribution in [0, 0.1) is 11.6 Å². The molecule has 2 N–H and O–H groups in total. The van der Waals surface area contributed by atoms with Crippen LogP contribution in [0.25, 0.3) is 0 Å². The van der Waals surface area contributed by atoms with Crippen LogP contribution in [0.5, 0.6) is 5.75 Å². The van der Waals surface area contributed by atoms with Crippen LogP contribution in [0.4, 0.5) is 25.0 Å². The molecule has 0 bridgehead atoms. The molecule has 2 aromatic rings. The Morgan fingerprint density at radius 2 is 1.75 bits per heavy atom. The molecule has 0 spiro atoms. The highest BCUT2D eigenvalue weighted by molar-refractivity contribution is 5.89. The number of anilines is 2. The van der Waals surface area contributed by atoms with Crippen molar-refractivity contribution in [2.45, 2.75) is 0 Å². The van der Waals surface area contributed by atoms with E-state index >= 15 is 0 Å². The van der Waals surface area contributed by atoms with Gasteiger partial charge in [-0.05, 0) is 43.4 Å². The van der Waals surface area contributed by atoms with E-state index in [0.29, 0.717) is 5.69 Å². The van der Waals surface area contributed by atoms with Crippen LogP contribution in [0.3, 0.4) is 0 Å². The van der Waals surface area contributed by atoms with E-state index in [9.17, 15) is 13.6 Å². The third kappa shape index (κ3) is 5.56. The van der Waals surface area contributed by atoms with E-state index in [1.54, 1.807) is 0 Å². The summed E-state index contributed by atoms with van der Waals surface area (Å²) in [6.45, 7) is 4.42. The lowest BCUT2D eigenvalue weighted by molar-refractivity contribution is 0.247. The number of hydrogen-bond donors (Lipinski definition) is 2. The number of carbonyl (C=O) groups excluding carboxylic acids is 1. The van der Waals surface area contributed by atoms with Crippen molar-refractivity contribution in [2.75, 3.05) is 56.6 Å². The maximum absolute atomic E-state index is 13.1. The molecule has 28 heavy (non-hydrogen) atoms. The zero-order valence-corrected chi connectivity index (χ0v) is 15.8. The van der Waals surface area contributed by atoms with Crippen molar-refractivity contribution in [1.29, 1.82) is 0 Å². The smallest absolute Gasteiger partial charge is 0.319 e. The van der Waals surface area contributed by atoms with E-state index in [1.807, 2.05) is 24.3 Å². The van der Waals surface area contributed by atoms with Crippen LogP contribution in [0.15, 0.2) is 42.5 Å². The van der Waals surface area contributed by atoms with Gasteiger partial charge in [-0.2, -0.15) is 0 Å². The van der Waals surface area contributed by atoms with Crippen molar-refractivity contribution < 1.29 is 18.3 Å². The number of nitrogens with one attached hydrogen (secondary N) is 2. The lowest BCUT2D eigenvalue weighted by Crippen LogP contribution is -2.44. The number of ether oxygens (including phenoxy) is 1. The molecular weight excluding hydrogens is 366 g/mol. The Bertz CT molecular complexity index is 793. The average Bonchev–Trinajstić information content (AvgIpc) is 2.69. The highest BCUT2D eigenvalue weighted by Crippen LogP contribution is 2.19. The minimum absolute atomic E-state index is 0.140. The minimum Gasteiger partial charge on any atom is -0.492 e. The topological polar surface area (TPSA) is 56.8 Å². The van der Waals surface area contributed by atoms with Gasteiger partial charge in [-0.1, -0.05) is 0 Å². The van der Waals surface area contributed by atoms with Gasteiger partial charge in [0, 0.05) is 43.6 Å². The molecule has 1 heterocycles. The second-order valence-electron chi connectivity index (χ2n) is 6.64. The lowest BCUT2D eigenvalue weighted by atomic mass is 10.2. The number of amides is 2. The molecule has 3 rings (SSSR count). The molecule has 1 fully saturated rings. The summed E-state index contributed by atoms with van der Waals surface area (Å²) in [5.41, 5.74) is 1.83. The first kappa shape index (κ1) is 19.9. The van der Waals surface area contributed by atoms with Crippen molar-refractivity contribution >= 4 is 17.4 Å². The van der Waals surface area contributed by atoms with Crippen molar-refractivity contribution in [3.63, 3.8) is 0 Å². The Morgan fingerprint density at radius 3 is 2.43 bits per heavy atom. The van der Waals surface area contributed by atoms with E-state index in [1.165, 1.54) is 6.07 Å². The van der Waals surface area contributed by atoms with Gasteiger partial charge in [0.15, 0.2) is 11.6 Å². The first-order valence-electron chi connectivity index (χ1n) is 9.17. The van der Waals surface area contributed by atoms with E-state index < -0.39 is 11.6 Å². The van der Waals surface area contributed by atoms with Gasteiger partial charge in [0.2, 0.25) is 0 Å². The van der Waals surface area contributed by atoms with E-state index in [-0.39, 0.29) is 24.9 Å². The summed E-state index contributed by atoms with van der Waals surface area (Å²) in [6.07, 6.45) is 0. The van der Waals surface area contributed by atoms with E-state index in [2.05, 4.69) is 27.5 Å². The molecule has 6 nitrogen and oxygen atoms in total. The molecule has 0 atom stereocenters. The van der Waals surface area contributed by atoms with Crippen molar-refractivity contribution in [1.82, 2.24) is 10.2 Å². The van der Waals surface area contributed by atoms with Crippen molar-refractivity contribution in [3.8, 4) is 5.75 Å². The molecule has 1 saturated heterocycles. The van der Waals surface area contributed by atoms with Crippen LogP contribution >= 0.6 is 0 Å². The summed E-state index contributed by atoms with van der Waals surface area (Å²) in [5, 5.41) is 5.40. The largest absolute Gasteiger partial charge is 0.492 e. The average molecular weight is 390 g/mol. The van der Waals surface area contributed by atoms with Gasteiger partial charge in [-0.3, -0.25) is 0 Å². The summed E-state index contributed by atoms with van der Waals surface area (Å²) in [7, 11) is 2.12. The summed E-state index contributed by atoms with van der Waals surface area (Å²) >= 11 is 0. The standard InChI is InChI=1S/C20H24F2N4O2/c1-25-9-11-26(12-10-25)16-4-2-15(3-5-16)24-20(27)23-8-13-28-17-6-7-18(21)19(22)14-17/h2-7,14H,8-13H2,1H3,(H2,23,24,27). The van der Waals surface area contributed by atoms with Crippen LogP contribution in [0.1, 0.15) is 0 Å². The molecule has 0 radical (unpaired) electrons. The number of likely N-dealkylation sites (N-methyl/N-ethyl adjacent to an activating group) is 1. The molecule has 0 unspecified atom stereocenters. The molecule has 0 aliphatic carbocycles. The number of rotatable bonds is 6. The molecule has 0 saturated carbocycles. The van der Waals surface area contributed by atoms with Crippen LogP contribution in [0.2, 0.25) is 0 Å². The summed E-state index contributed by atoms with van der Waals surface area (Å²) in [4.78, 5) is 16.6. The first-order valence-corrected chi connectivity index (χ1v) is 9.17. The molecule has 2 amide bonds. The molecule has 1 aliphatic heterocycles. The van der Waals surface area contributed by atoms with Crippen LogP contribution in [-0.4, -0.2) is 57.3 Å². The second-order valence-corrected chi connectivity index (χ2v) is 6.64. The van der Waals surface area contributed by atoms with Crippen LogP contribution in [-0.2, 0) is 0 Å². The fourth-order valence-electron chi connectivity index (χ4n) is 2.90. The Kier molecular flexibility index (Phi) is 6.65. The fraction of sp³-hybridized carbons (Fsp3) is 0.350. The quantitative estimate of drug-likeness (QED) is 0.745. The van der Waals surface area contributed by atoms with E-state index in [4.69, 9.17) is 4.74 Å². The predicted octanol–water partition coefficient (Wildman–Crippen LogP) is 2.92. The van der Waals surface area contributed by atoms with Gasteiger partial charge in [-0.25, -0.2) is 13.6 Å². The minimum atomic E-state index is -0.969. The molecule has 0 aromatic heterocycles. The molecule has 8 heteroatoms. The zero-order valence-electron chi connectivity index (χ0n) is 15.8. The van der Waals surface area contributed by atoms with E-state index in [0.717, 1.165) is 44.0 Å². The highest BCUT2D eigenvalue weighted by Gasteiger charge is 2.14. The number of hydrogen-bond acceptors (Lipinski definition) is 4. The molecule has 2 aromatic carbocycles. The van der Waals surface area contributed by atoms with Gasteiger partial charge in [0.1, 0.15) is 12.4 Å². The number of halogens is 2. The number of piperazine rings is 1. The summed E-state index contributed by atoms with van der Waals surface area (Å²) < 4.78 is 31.2.